The zero-order chi connectivity index (χ0) is 11.7. The van der Waals surface area contributed by atoms with Gasteiger partial charge >= 0.3 is 5.97 Å². The maximum Gasteiger partial charge on any atom is 0.304 e. The van der Waals surface area contributed by atoms with Crippen molar-refractivity contribution in [1.82, 2.24) is 0 Å². The number of rotatable bonds is 3. The first kappa shape index (κ1) is 10.7. The number of nitrogens with one attached hydrogen (secondary N) is 1. The Labute approximate surface area is 93.3 Å². The summed E-state index contributed by atoms with van der Waals surface area (Å²) in [6.45, 7) is 0. The monoisotopic (exact) mass is 219 g/mol. The van der Waals surface area contributed by atoms with Crippen LogP contribution in [0.15, 0.2) is 18.2 Å². The summed E-state index contributed by atoms with van der Waals surface area (Å²) in [4.78, 5) is 22.5. The molecular weight excluding hydrogens is 206 g/mol. The highest BCUT2D eigenvalue weighted by molar-refractivity contribution is 6.03. The van der Waals surface area contributed by atoms with Crippen LogP contribution in [0, 0.1) is 5.92 Å². The van der Waals surface area contributed by atoms with Crippen molar-refractivity contribution < 1.29 is 14.7 Å². The number of carboxylic acids is 1. The van der Waals surface area contributed by atoms with Gasteiger partial charge in [0, 0.05) is 24.2 Å². The van der Waals surface area contributed by atoms with E-state index in [0.29, 0.717) is 12.0 Å². The van der Waals surface area contributed by atoms with Gasteiger partial charge in [0.1, 0.15) is 0 Å². The molecular formula is C12H13NO3. The standard InChI is InChI=1S/C12H13NO3/c1-13-9-2-3-10-7(5-9)4-8(12(10)16)6-11(14)15/h2-3,5,8,13H,4,6H2,1H3,(H,14,15). The summed E-state index contributed by atoms with van der Waals surface area (Å²) in [5.41, 5.74) is 2.57. The van der Waals surface area contributed by atoms with Crippen LogP contribution < -0.4 is 5.32 Å². The van der Waals surface area contributed by atoms with Gasteiger partial charge in [-0.3, -0.25) is 9.59 Å². The average Bonchev–Trinajstić information content (AvgIpc) is 2.54. The summed E-state index contributed by atoms with van der Waals surface area (Å²) in [6, 6.07) is 5.51. The number of anilines is 1. The Balaban J connectivity index is 2.27. The van der Waals surface area contributed by atoms with E-state index in [0.717, 1.165) is 11.3 Å². The number of fused-ring (bicyclic) bond motifs is 1. The van der Waals surface area contributed by atoms with Crippen molar-refractivity contribution in [3.8, 4) is 0 Å². The van der Waals surface area contributed by atoms with Crippen molar-refractivity contribution in [1.29, 1.82) is 0 Å². The van der Waals surface area contributed by atoms with E-state index in [1.54, 1.807) is 6.07 Å². The quantitative estimate of drug-likeness (QED) is 0.809. The molecule has 0 aliphatic heterocycles. The molecule has 0 bridgehead atoms. The molecule has 1 aliphatic carbocycles. The molecule has 2 N–H and O–H groups in total. The third-order valence-corrected chi connectivity index (χ3v) is 2.92. The van der Waals surface area contributed by atoms with E-state index in [4.69, 9.17) is 5.11 Å². The first-order valence-electron chi connectivity index (χ1n) is 5.18. The van der Waals surface area contributed by atoms with Crippen molar-refractivity contribution in [2.75, 3.05) is 12.4 Å². The van der Waals surface area contributed by atoms with Crippen LogP contribution in [-0.4, -0.2) is 23.9 Å². The molecule has 0 fully saturated rings. The van der Waals surface area contributed by atoms with Crippen molar-refractivity contribution in [2.24, 2.45) is 5.92 Å². The molecule has 4 heteroatoms. The fraction of sp³-hybridized carbons (Fsp3) is 0.333. The Bertz CT molecular complexity index is 454. The summed E-state index contributed by atoms with van der Waals surface area (Å²) < 4.78 is 0. The van der Waals surface area contributed by atoms with Crippen LogP contribution >= 0.6 is 0 Å². The van der Waals surface area contributed by atoms with Crippen LogP contribution in [0.2, 0.25) is 0 Å². The van der Waals surface area contributed by atoms with Crippen molar-refractivity contribution in [3.05, 3.63) is 29.3 Å². The molecule has 1 aromatic carbocycles. The molecule has 0 radical (unpaired) electrons. The molecule has 0 saturated carbocycles. The van der Waals surface area contributed by atoms with E-state index < -0.39 is 5.97 Å². The number of benzene rings is 1. The molecule has 0 aromatic heterocycles. The van der Waals surface area contributed by atoms with Crippen LogP contribution in [0.4, 0.5) is 5.69 Å². The molecule has 4 nitrogen and oxygen atoms in total. The van der Waals surface area contributed by atoms with Crippen molar-refractivity contribution in [3.63, 3.8) is 0 Å². The minimum atomic E-state index is -0.917. The predicted octanol–water partition coefficient (Wildman–Crippen LogP) is 1.56. The minimum absolute atomic E-state index is 0.0416. The lowest BCUT2D eigenvalue weighted by molar-refractivity contribution is -0.137. The normalized spacial score (nSPS) is 18.3. The molecule has 1 unspecified atom stereocenters. The van der Waals surface area contributed by atoms with Gasteiger partial charge in [0.15, 0.2) is 5.78 Å². The van der Waals surface area contributed by atoms with Crippen LogP contribution in [-0.2, 0) is 11.2 Å². The second-order valence-corrected chi connectivity index (χ2v) is 3.99. The molecule has 0 heterocycles. The zero-order valence-corrected chi connectivity index (χ0v) is 8.99. The number of carbonyl (C=O) groups excluding carboxylic acids is 1. The second-order valence-electron chi connectivity index (χ2n) is 3.99. The van der Waals surface area contributed by atoms with Gasteiger partial charge in [-0.15, -0.1) is 0 Å². The van der Waals surface area contributed by atoms with E-state index in [2.05, 4.69) is 5.32 Å². The lowest BCUT2D eigenvalue weighted by Crippen LogP contribution is -2.13. The summed E-state index contributed by atoms with van der Waals surface area (Å²) in [7, 11) is 1.81. The molecule has 0 spiro atoms. The maximum absolute atomic E-state index is 11.8. The number of aliphatic carboxylic acids is 1. The maximum atomic E-state index is 11.8. The lowest BCUT2D eigenvalue weighted by Gasteiger charge is -2.02. The average molecular weight is 219 g/mol. The third-order valence-electron chi connectivity index (χ3n) is 2.92. The Morgan fingerprint density at radius 2 is 2.31 bits per heavy atom. The Morgan fingerprint density at radius 1 is 1.56 bits per heavy atom. The van der Waals surface area contributed by atoms with Crippen LogP contribution in [0.3, 0.4) is 0 Å². The Morgan fingerprint density at radius 3 is 2.94 bits per heavy atom. The first-order chi connectivity index (χ1) is 7.61. The van der Waals surface area contributed by atoms with Crippen molar-refractivity contribution in [2.45, 2.75) is 12.8 Å². The van der Waals surface area contributed by atoms with Crippen LogP contribution in [0.5, 0.6) is 0 Å². The first-order valence-corrected chi connectivity index (χ1v) is 5.18. The molecule has 0 saturated heterocycles. The topological polar surface area (TPSA) is 66.4 Å². The Kier molecular flexibility index (Phi) is 2.64. The second kappa shape index (κ2) is 3.96. The lowest BCUT2D eigenvalue weighted by atomic mass is 10.0. The molecule has 16 heavy (non-hydrogen) atoms. The van der Waals surface area contributed by atoms with Gasteiger partial charge in [0.2, 0.25) is 0 Å². The third kappa shape index (κ3) is 1.78. The minimum Gasteiger partial charge on any atom is -0.481 e. The highest BCUT2D eigenvalue weighted by Crippen LogP contribution is 2.30. The number of Topliss-reactive ketones (excluding diaryl/α,β-unsaturated/α-hetero) is 1. The fourth-order valence-corrected chi connectivity index (χ4v) is 2.11. The zero-order valence-electron chi connectivity index (χ0n) is 8.99. The number of carbonyl (C=O) groups is 2. The van der Waals surface area contributed by atoms with Gasteiger partial charge in [0.25, 0.3) is 0 Å². The molecule has 1 aromatic rings. The van der Waals surface area contributed by atoms with Gasteiger partial charge in [-0.2, -0.15) is 0 Å². The number of ketones is 1. The van der Waals surface area contributed by atoms with Crippen LogP contribution in [0.1, 0.15) is 22.3 Å². The smallest absolute Gasteiger partial charge is 0.304 e. The van der Waals surface area contributed by atoms with Gasteiger partial charge in [-0.1, -0.05) is 0 Å². The Hall–Kier alpha value is -1.84. The van der Waals surface area contributed by atoms with E-state index in [9.17, 15) is 9.59 Å². The number of hydrogen-bond acceptors (Lipinski definition) is 3. The van der Waals surface area contributed by atoms with E-state index in [1.165, 1.54) is 0 Å². The largest absolute Gasteiger partial charge is 0.481 e. The molecule has 2 rings (SSSR count). The summed E-state index contributed by atoms with van der Waals surface area (Å²) >= 11 is 0. The predicted molar refractivity (Wildman–Crippen MR) is 59.8 cm³/mol. The molecule has 1 atom stereocenters. The van der Waals surface area contributed by atoms with Gasteiger partial charge in [-0.25, -0.2) is 0 Å². The van der Waals surface area contributed by atoms with Gasteiger partial charge in [0.05, 0.1) is 6.42 Å². The molecule has 1 aliphatic rings. The molecule has 0 amide bonds. The van der Waals surface area contributed by atoms with E-state index >= 15 is 0 Å². The number of hydrogen-bond donors (Lipinski definition) is 2. The highest BCUT2D eigenvalue weighted by atomic mass is 16.4. The van der Waals surface area contributed by atoms with E-state index in [1.807, 2.05) is 19.2 Å². The fourth-order valence-electron chi connectivity index (χ4n) is 2.11. The highest BCUT2D eigenvalue weighted by Gasteiger charge is 2.31. The van der Waals surface area contributed by atoms with Crippen LogP contribution in [0.25, 0.3) is 0 Å². The van der Waals surface area contributed by atoms with E-state index in [-0.39, 0.29) is 18.1 Å². The summed E-state index contributed by atoms with van der Waals surface area (Å²) in [6.07, 6.45) is 0.457. The molecule has 84 valence electrons. The van der Waals surface area contributed by atoms with Gasteiger partial charge in [-0.05, 0) is 30.2 Å². The summed E-state index contributed by atoms with van der Waals surface area (Å²) in [5.74, 6) is -1.35. The van der Waals surface area contributed by atoms with Gasteiger partial charge < -0.3 is 10.4 Å². The number of carboxylic acid groups (broad SMARTS) is 1. The van der Waals surface area contributed by atoms with Crippen molar-refractivity contribution >= 4 is 17.4 Å². The SMILES string of the molecule is CNc1ccc2c(c1)CC(CC(=O)O)C2=O. The summed E-state index contributed by atoms with van der Waals surface area (Å²) in [5, 5.41) is 11.7.